The van der Waals surface area contributed by atoms with E-state index in [0.29, 0.717) is 5.82 Å². The van der Waals surface area contributed by atoms with E-state index in [9.17, 15) is 0 Å². The first-order valence-electron chi connectivity index (χ1n) is 2.27. The predicted octanol–water partition coefficient (Wildman–Crippen LogP) is 1.04. The van der Waals surface area contributed by atoms with Gasteiger partial charge in [-0.3, -0.25) is 0 Å². The molecule has 0 amide bonds. The Morgan fingerprint density at radius 1 is 1.50 bits per heavy atom. The quantitative estimate of drug-likeness (QED) is 0.577. The summed E-state index contributed by atoms with van der Waals surface area (Å²) in [4.78, 5) is 3.80. The Bertz CT molecular complexity index is 148. The minimum Gasteiger partial charge on any atom is -0.357 e. The van der Waals surface area contributed by atoms with Gasteiger partial charge in [-0.1, -0.05) is 6.07 Å². The molecule has 0 spiro atoms. The number of hydrogen-bond donors (Lipinski definition) is 1. The van der Waals surface area contributed by atoms with Crippen LogP contribution < -0.4 is 5.32 Å². The summed E-state index contributed by atoms with van der Waals surface area (Å²) in [6.45, 7) is 0. The molecule has 1 heterocycles. The van der Waals surface area contributed by atoms with Gasteiger partial charge in [0.1, 0.15) is 12.9 Å². The van der Waals surface area contributed by atoms with Gasteiger partial charge < -0.3 is 5.32 Å². The standard InChI is InChI=1S/C6H5N2/c1-7-6-4-2-3-5-8-6/h2-5H,(H,7,8). The Morgan fingerprint density at radius 2 is 2.38 bits per heavy atom. The maximum absolute atomic E-state index is 6.63. The van der Waals surface area contributed by atoms with Crippen LogP contribution in [0.4, 0.5) is 5.82 Å². The molecule has 0 aliphatic heterocycles. The lowest BCUT2D eigenvalue weighted by atomic mass is 10.5. The molecule has 0 fully saturated rings. The molecule has 1 aromatic heterocycles. The van der Waals surface area contributed by atoms with Crippen LogP contribution >= 0.6 is 0 Å². The number of aromatic nitrogens is 1. The predicted molar refractivity (Wildman–Crippen MR) is 31.1 cm³/mol. The molecule has 2 nitrogen and oxygen atoms in total. The molecule has 1 rings (SSSR count). The molecule has 0 saturated heterocycles. The third-order valence-electron chi connectivity index (χ3n) is 0.793. The van der Waals surface area contributed by atoms with Crippen molar-refractivity contribution in [2.24, 2.45) is 0 Å². The Balaban J connectivity index is 2.83. The van der Waals surface area contributed by atoms with Gasteiger partial charge in [-0.15, -0.1) is 0 Å². The highest BCUT2D eigenvalue weighted by atomic mass is 14.9. The maximum atomic E-state index is 6.63. The lowest BCUT2D eigenvalue weighted by Crippen LogP contribution is -1.85. The highest BCUT2D eigenvalue weighted by Crippen LogP contribution is 1.96. The average Bonchev–Trinajstić information content (AvgIpc) is 1.90. The summed E-state index contributed by atoms with van der Waals surface area (Å²) in [6.07, 6.45) is 1.64. The van der Waals surface area contributed by atoms with Crippen molar-refractivity contribution in [1.82, 2.24) is 4.98 Å². The van der Waals surface area contributed by atoms with E-state index in [1.54, 1.807) is 18.3 Å². The second kappa shape index (κ2) is 2.31. The minimum atomic E-state index is 0.576. The molecule has 39 valence electrons. The highest BCUT2D eigenvalue weighted by molar-refractivity contribution is 5.32. The Kier molecular flexibility index (Phi) is 1.47. The number of hydrogen-bond acceptors (Lipinski definition) is 2. The maximum Gasteiger partial charge on any atom is 0.126 e. The lowest BCUT2D eigenvalue weighted by Gasteiger charge is -1.91. The highest BCUT2D eigenvalue weighted by Gasteiger charge is 1.80. The fourth-order valence-corrected chi connectivity index (χ4v) is 0.437. The summed E-state index contributed by atoms with van der Waals surface area (Å²) < 4.78 is 0. The molecule has 0 aliphatic rings. The molecule has 1 N–H and O–H groups in total. The molecule has 2 heteroatoms. The molecule has 8 heavy (non-hydrogen) atoms. The van der Waals surface area contributed by atoms with Crippen LogP contribution in [0.3, 0.4) is 0 Å². The summed E-state index contributed by atoms with van der Waals surface area (Å²) in [7, 11) is 6.63. The number of anilines is 1. The third-order valence-corrected chi connectivity index (χ3v) is 0.793. The van der Waals surface area contributed by atoms with Crippen LogP contribution in [0.15, 0.2) is 24.4 Å². The second-order valence-corrected chi connectivity index (χ2v) is 1.34. The van der Waals surface area contributed by atoms with E-state index in [0.717, 1.165) is 0 Å². The van der Waals surface area contributed by atoms with Crippen molar-refractivity contribution in [2.45, 2.75) is 0 Å². The van der Waals surface area contributed by atoms with E-state index in [1.165, 1.54) is 0 Å². The first-order valence-corrected chi connectivity index (χ1v) is 2.27. The molecule has 3 radical (unpaired) electrons. The van der Waals surface area contributed by atoms with Gasteiger partial charge in [-0.05, 0) is 12.1 Å². The zero-order valence-corrected chi connectivity index (χ0v) is 4.26. The summed E-state index contributed by atoms with van der Waals surface area (Å²) in [5.74, 6) is 0.576. The Labute approximate surface area is 48.6 Å². The van der Waals surface area contributed by atoms with Gasteiger partial charge in [0, 0.05) is 6.20 Å². The monoisotopic (exact) mass is 105 g/mol. The van der Waals surface area contributed by atoms with Crippen molar-refractivity contribution in [3.8, 4) is 0 Å². The van der Waals surface area contributed by atoms with E-state index >= 15 is 0 Å². The number of pyridine rings is 1. The number of nitrogens with zero attached hydrogens (tertiary/aromatic N) is 1. The first kappa shape index (κ1) is 5.09. The molecular formula is C6H5N2. The lowest BCUT2D eigenvalue weighted by molar-refractivity contribution is 1.31. The Morgan fingerprint density at radius 3 is 2.75 bits per heavy atom. The molecule has 1 aromatic rings. The topological polar surface area (TPSA) is 24.9 Å². The Hall–Kier alpha value is -1.05. The fourth-order valence-electron chi connectivity index (χ4n) is 0.437. The van der Waals surface area contributed by atoms with Crippen molar-refractivity contribution in [3.05, 3.63) is 31.4 Å². The molecule has 0 bridgehead atoms. The SMILES string of the molecule is [C]Nc1ccccn1. The van der Waals surface area contributed by atoms with Crippen LogP contribution in [0.5, 0.6) is 0 Å². The van der Waals surface area contributed by atoms with Gasteiger partial charge in [0.15, 0.2) is 0 Å². The zero-order valence-electron chi connectivity index (χ0n) is 4.26. The molecule has 0 unspecified atom stereocenters. The minimum absolute atomic E-state index is 0.576. The second-order valence-electron chi connectivity index (χ2n) is 1.34. The van der Waals surface area contributed by atoms with Crippen LogP contribution in [0, 0.1) is 7.05 Å². The summed E-state index contributed by atoms with van der Waals surface area (Å²) in [5, 5.41) is 2.17. The van der Waals surface area contributed by atoms with Crippen LogP contribution in [-0.4, -0.2) is 4.98 Å². The van der Waals surface area contributed by atoms with Crippen LogP contribution in [0.1, 0.15) is 0 Å². The molecule has 0 aromatic carbocycles. The van der Waals surface area contributed by atoms with Gasteiger partial charge in [0.25, 0.3) is 0 Å². The largest absolute Gasteiger partial charge is 0.357 e. The van der Waals surface area contributed by atoms with E-state index in [2.05, 4.69) is 10.3 Å². The van der Waals surface area contributed by atoms with Crippen LogP contribution in [0.25, 0.3) is 0 Å². The normalized spacial score (nSPS) is 8.62. The average molecular weight is 105 g/mol. The van der Waals surface area contributed by atoms with Gasteiger partial charge in [-0.25, -0.2) is 4.98 Å². The van der Waals surface area contributed by atoms with E-state index in [-0.39, 0.29) is 0 Å². The van der Waals surface area contributed by atoms with Gasteiger partial charge in [-0.2, -0.15) is 0 Å². The van der Waals surface area contributed by atoms with E-state index in [1.807, 2.05) is 6.07 Å². The summed E-state index contributed by atoms with van der Waals surface area (Å²) in [6, 6.07) is 5.36. The van der Waals surface area contributed by atoms with E-state index < -0.39 is 0 Å². The van der Waals surface area contributed by atoms with Crippen LogP contribution in [-0.2, 0) is 0 Å². The molecule has 0 saturated carbocycles. The summed E-state index contributed by atoms with van der Waals surface area (Å²) in [5.41, 5.74) is 0. The number of nitrogens with one attached hydrogen (secondary N) is 1. The molecular weight excluding hydrogens is 100 g/mol. The molecule has 0 aliphatic carbocycles. The van der Waals surface area contributed by atoms with Gasteiger partial charge in [0.05, 0.1) is 0 Å². The third kappa shape index (κ3) is 0.964. The van der Waals surface area contributed by atoms with Crippen molar-refractivity contribution in [1.29, 1.82) is 0 Å². The van der Waals surface area contributed by atoms with Gasteiger partial charge in [0.2, 0.25) is 0 Å². The smallest absolute Gasteiger partial charge is 0.126 e. The summed E-state index contributed by atoms with van der Waals surface area (Å²) >= 11 is 0. The van der Waals surface area contributed by atoms with E-state index in [4.69, 9.17) is 7.05 Å². The zero-order chi connectivity index (χ0) is 5.82. The number of rotatable bonds is 1. The first-order chi connectivity index (χ1) is 3.93. The van der Waals surface area contributed by atoms with Crippen molar-refractivity contribution in [2.75, 3.05) is 5.32 Å². The molecule has 0 atom stereocenters. The van der Waals surface area contributed by atoms with Crippen molar-refractivity contribution < 1.29 is 0 Å². The van der Waals surface area contributed by atoms with Gasteiger partial charge >= 0.3 is 0 Å². The fraction of sp³-hybridized carbons (Fsp3) is 0. The van der Waals surface area contributed by atoms with Crippen molar-refractivity contribution >= 4 is 5.82 Å². The van der Waals surface area contributed by atoms with Crippen molar-refractivity contribution in [3.63, 3.8) is 0 Å². The van der Waals surface area contributed by atoms with Crippen LogP contribution in [0.2, 0.25) is 0 Å².